The van der Waals surface area contributed by atoms with Crippen LogP contribution < -0.4 is 10.6 Å². The van der Waals surface area contributed by atoms with E-state index in [9.17, 15) is 13.2 Å². The van der Waals surface area contributed by atoms with Gasteiger partial charge in [-0.3, -0.25) is 4.79 Å². The Hall–Kier alpha value is -1.87. The topological polar surface area (TPSA) is 78.5 Å². The number of carbonyl (C=O) groups is 1. The van der Waals surface area contributed by atoms with Gasteiger partial charge in [-0.25, -0.2) is 8.42 Å². The smallest absolute Gasteiger partial charge is 0.243 e. The number of sulfonamides is 1. The fourth-order valence-electron chi connectivity index (χ4n) is 4.09. The van der Waals surface area contributed by atoms with Crippen molar-refractivity contribution in [2.75, 3.05) is 24.7 Å². The van der Waals surface area contributed by atoms with Crippen molar-refractivity contribution in [3.8, 4) is 0 Å². The summed E-state index contributed by atoms with van der Waals surface area (Å²) in [6.07, 6.45) is 1.28. The molecule has 2 saturated heterocycles. The summed E-state index contributed by atoms with van der Waals surface area (Å²) in [6, 6.07) is 18.2. The van der Waals surface area contributed by atoms with Gasteiger partial charge >= 0.3 is 0 Å². The number of nitrogens with zero attached hydrogens (tertiary/aromatic N) is 1. The summed E-state index contributed by atoms with van der Waals surface area (Å²) >= 11 is 1.82. The lowest BCUT2D eigenvalue weighted by Crippen LogP contribution is -2.48. The van der Waals surface area contributed by atoms with Crippen molar-refractivity contribution >= 4 is 27.7 Å². The third-order valence-electron chi connectivity index (χ3n) is 5.76. The second-order valence-electron chi connectivity index (χ2n) is 7.75. The van der Waals surface area contributed by atoms with Crippen LogP contribution in [0.15, 0.2) is 65.6 Å². The normalized spacial score (nSPS) is 25.1. The minimum Gasteiger partial charge on any atom is -0.354 e. The maximum atomic E-state index is 13.5. The third-order valence-corrected chi connectivity index (χ3v) is 8.66. The molecule has 2 aliphatic heterocycles. The van der Waals surface area contributed by atoms with E-state index in [0.717, 1.165) is 17.2 Å². The summed E-state index contributed by atoms with van der Waals surface area (Å²) < 4.78 is 28.5. The summed E-state index contributed by atoms with van der Waals surface area (Å²) in [7, 11) is -3.72. The van der Waals surface area contributed by atoms with Gasteiger partial charge in [0, 0.05) is 30.8 Å². The maximum absolute atomic E-state index is 13.5. The van der Waals surface area contributed by atoms with Gasteiger partial charge in [0.2, 0.25) is 15.9 Å². The molecule has 160 valence electrons. The number of hydrogen-bond acceptors (Lipinski definition) is 5. The number of piperidine rings is 1. The number of thioether (sulfide) groups is 1. The Bertz CT molecular complexity index is 948. The zero-order valence-corrected chi connectivity index (χ0v) is 18.4. The summed E-state index contributed by atoms with van der Waals surface area (Å²) in [4.78, 5) is 13.1. The molecule has 30 heavy (non-hydrogen) atoms. The van der Waals surface area contributed by atoms with Gasteiger partial charge in [-0.2, -0.15) is 4.31 Å². The van der Waals surface area contributed by atoms with Gasteiger partial charge in [-0.05, 0) is 30.5 Å². The fourth-order valence-corrected chi connectivity index (χ4v) is 6.79. The average Bonchev–Trinajstić information content (AvgIpc) is 3.32. The maximum Gasteiger partial charge on any atom is 0.243 e. The highest BCUT2D eigenvalue weighted by Crippen LogP contribution is 2.37. The quantitative estimate of drug-likeness (QED) is 0.715. The summed E-state index contributed by atoms with van der Waals surface area (Å²) in [5, 5.41) is 6.36. The molecule has 3 atom stereocenters. The van der Waals surface area contributed by atoms with E-state index in [1.54, 1.807) is 30.3 Å². The molecule has 0 bridgehead atoms. The van der Waals surface area contributed by atoms with Crippen LogP contribution >= 0.6 is 11.8 Å². The average molecular weight is 446 g/mol. The minimum absolute atomic E-state index is 0.0616. The molecule has 0 radical (unpaired) electrons. The van der Waals surface area contributed by atoms with Crippen molar-refractivity contribution in [1.29, 1.82) is 0 Å². The molecule has 6 nitrogen and oxygen atoms in total. The Labute approximate surface area is 182 Å². The third kappa shape index (κ3) is 4.72. The molecule has 8 heteroatoms. The van der Waals surface area contributed by atoms with Crippen LogP contribution in [0.2, 0.25) is 0 Å². The molecule has 2 fully saturated rings. The SMILES string of the molecule is O=C(NCC1CSCN1)[C@@H]1CC[C@H](c2ccccc2)N(S(=O)(=O)c2ccccc2)C1. The zero-order valence-electron chi connectivity index (χ0n) is 16.7. The molecule has 0 saturated carbocycles. The van der Waals surface area contributed by atoms with E-state index < -0.39 is 10.0 Å². The second-order valence-corrected chi connectivity index (χ2v) is 10.7. The van der Waals surface area contributed by atoms with Crippen molar-refractivity contribution in [3.05, 3.63) is 66.2 Å². The van der Waals surface area contributed by atoms with E-state index in [1.165, 1.54) is 4.31 Å². The Morgan fingerprint density at radius 2 is 1.77 bits per heavy atom. The highest BCUT2D eigenvalue weighted by molar-refractivity contribution is 7.99. The highest BCUT2D eigenvalue weighted by Gasteiger charge is 2.40. The summed E-state index contributed by atoms with van der Waals surface area (Å²) in [5.41, 5.74) is 0.961. The van der Waals surface area contributed by atoms with E-state index in [0.29, 0.717) is 19.4 Å². The number of benzene rings is 2. The Balaban J connectivity index is 1.55. The molecule has 4 rings (SSSR count). The van der Waals surface area contributed by atoms with Gasteiger partial charge in [0.1, 0.15) is 0 Å². The van der Waals surface area contributed by atoms with Crippen LogP contribution in [-0.2, 0) is 14.8 Å². The van der Waals surface area contributed by atoms with Crippen LogP contribution in [-0.4, -0.2) is 49.4 Å². The molecule has 0 spiro atoms. The van der Waals surface area contributed by atoms with Crippen LogP contribution in [0.3, 0.4) is 0 Å². The van der Waals surface area contributed by atoms with Crippen molar-refractivity contribution in [2.24, 2.45) is 5.92 Å². The van der Waals surface area contributed by atoms with Crippen molar-refractivity contribution in [2.45, 2.75) is 29.8 Å². The van der Waals surface area contributed by atoms with E-state index in [2.05, 4.69) is 10.6 Å². The number of hydrogen-bond donors (Lipinski definition) is 2. The first-order valence-electron chi connectivity index (χ1n) is 10.3. The number of amides is 1. The van der Waals surface area contributed by atoms with E-state index in [4.69, 9.17) is 0 Å². The second kappa shape index (κ2) is 9.51. The van der Waals surface area contributed by atoms with Crippen molar-refractivity contribution in [1.82, 2.24) is 14.9 Å². The molecule has 2 aromatic carbocycles. The van der Waals surface area contributed by atoms with E-state index in [1.807, 2.05) is 42.1 Å². The summed E-state index contributed by atoms with van der Waals surface area (Å²) in [5.74, 6) is 1.48. The van der Waals surface area contributed by atoms with Crippen LogP contribution in [0, 0.1) is 5.92 Å². The molecule has 2 N–H and O–H groups in total. The Morgan fingerprint density at radius 1 is 1.07 bits per heavy atom. The van der Waals surface area contributed by atoms with Gasteiger partial charge in [-0.15, -0.1) is 11.8 Å². The Morgan fingerprint density at radius 3 is 2.43 bits per heavy atom. The molecule has 1 unspecified atom stereocenters. The van der Waals surface area contributed by atoms with Gasteiger partial charge in [0.05, 0.1) is 16.9 Å². The minimum atomic E-state index is -3.72. The van der Waals surface area contributed by atoms with Crippen LogP contribution in [0.4, 0.5) is 0 Å². The largest absolute Gasteiger partial charge is 0.354 e. The first-order chi connectivity index (χ1) is 14.6. The lowest BCUT2D eigenvalue weighted by atomic mass is 9.90. The van der Waals surface area contributed by atoms with Crippen LogP contribution in [0.5, 0.6) is 0 Å². The van der Waals surface area contributed by atoms with Gasteiger partial charge in [0.15, 0.2) is 0 Å². The van der Waals surface area contributed by atoms with Gasteiger partial charge < -0.3 is 10.6 Å². The first-order valence-corrected chi connectivity index (χ1v) is 12.9. The molecule has 2 heterocycles. The molecule has 0 aromatic heterocycles. The van der Waals surface area contributed by atoms with Gasteiger partial charge in [-0.1, -0.05) is 48.5 Å². The number of nitrogens with one attached hydrogen (secondary N) is 2. The first kappa shape index (κ1) is 21.4. The monoisotopic (exact) mass is 445 g/mol. The van der Waals surface area contributed by atoms with Crippen LogP contribution in [0.25, 0.3) is 0 Å². The van der Waals surface area contributed by atoms with E-state index in [-0.39, 0.29) is 35.3 Å². The predicted octanol–water partition coefficient (Wildman–Crippen LogP) is 2.61. The molecule has 1 amide bonds. The van der Waals surface area contributed by atoms with E-state index >= 15 is 0 Å². The molecular weight excluding hydrogens is 418 g/mol. The number of carbonyl (C=O) groups excluding carboxylic acids is 1. The lowest BCUT2D eigenvalue weighted by Gasteiger charge is -2.38. The van der Waals surface area contributed by atoms with Crippen molar-refractivity contribution < 1.29 is 13.2 Å². The molecule has 2 aromatic rings. The summed E-state index contributed by atoms with van der Waals surface area (Å²) in [6.45, 7) is 0.769. The number of rotatable bonds is 6. The molecular formula is C22H27N3O3S2. The molecule has 0 aliphatic carbocycles. The fraction of sp³-hybridized carbons (Fsp3) is 0.409. The molecule has 2 aliphatic rings. The predicted molar refractivity (Wildman–Crippen MR) is 119 cm³/mol. The zero-order chi connectivity index (χ0) is 21.0. The van der Waals surface area contributed by atoms with Crippen molar-refractivity contribution in [3.63, 3.8) is 0 Å². The van der Waals surface area contributed by atoms with Gasteiger partial charge in [0.25, 0.3) is 0 Å². The highest BCUT2D eigenvalue weighted by atomic mass is 32.2. The van der Waals surface area contributed by atoms with Crippen LogP contribution in [0.1, 0.15) is 24.4 Å². The lowest BCUT2D eigenvalue weighted by molar-refractivity contribution is -0.126. The Kier molecular flexibility index (Phi) is 6.77. The standard InChI is InChI=1S/C22H27N3O3S2/c26-22(23-13-19-15-29-16-24-19)18-11-12-21(17-7-3-1-4-8-17)25(14-18)30(27,28)20-9-5-2-6-10-20/h1-10,18-19,21,24H,11-16H2,(H,23,26)/t18-,19?,21-/m1/s1.